The zero-order valence-electron chi connectivity index (χ0n) is 22.6. The number of nitrogens with two attached hydrogens (primary N) is 1. The number of hydrogen-bond donors (Lipinski definition) is 5. The predicted octanol–water partition coefficient (Wildman–Crippen LogP) is 3.93. The number of carbonyl (C=O) groups is 3. The van der Waals surface area contributed by atoms with Crippen molar-refractivity contribution < 1.29 is 42.1 Å². The summed E-state index contributed by atoms with van der Waals surface area (Å²) in [5.41, 5.74) is 13.3. The molecular formula is C27H26BrF3N6O6. The van der Waals surface area contributed by atoms with Crippen LogP contribution in [0.4, 0.5) is 18.9 Å². The number of carboxylic acids is 1. The topological polar surface area (TPSA) is 177 Å². The summed E-state index contributed by atoms with van der Waals surface area (Å²) in [5, 5.41) is 10.3. The first-order valence-corrected chi connectivity index (χ1v) is 13.2. The Hall–Kier alpha value is -4.86. The lowest BCUT2D eigenvalue weighted by molar-refractivity contribution is -0.192. The molecular weight excluding hydrogens is 641 g/mol. The monoisotopic (exact) mass is 666 g/mol. The highest BCUT2D eigenvalue weighted by molar-refractivity contribution is 9.10. The minimum absolute atomic E-state index is 0.0344. The Bertz CT molecular complexity index is 1500. The number of hydrogen-bond acceptors (Lipinski definition) is 9. The number of fused-ring (bicyclic) bond motifs is 5. The average Bonchev–Trinajstić information content (AvgIpc) is 2.96. The molecule has 0 fully saturated rings. The van der Waals surface area contributed by atoms with E-state index in [1.807, 2.05) is 13.8 Å². The Morgan fingerprint density at radius 3 is 2.40 bits per heavy atom. The van der Waals surface area contributed by atoms with E-state index in [4.69, 9.17) is 25.1 Å². The molecule has 1 atom stereocenters. The first-order chi connectivity index (χ1) is 20.2. The van der Waals surface area contributed by atoms with E-state index < -0.39 is 30.0 Å². The molecule has 5 rings (SSSR count). The Morgan fingerprint density at radius 2 is 1.79 bits per heavy atom. The van der Waals surface area contributed by atoms with Crippen molar-refractivity contribution in [3.63, 3.8) is 0 Å². The number of ether oxygens (including phenoxy) is 2. The van der Waals surface area contributed by atoms with Crippen molar-refractivity contribution in [3.05, 3.63) is 82.1 Å². The van der Waals surface area contributed by atoms with Crippen molar-refractivity contribution in [2.24, 2.45) is 10.7 Å². The van der Waals surface area contributed by atoms with Gasteiger partial charge in [0, 0.05) is 23.0 Å². The highest BCUT2D eigenvalue weighted by Crippen LogP contribution is 2.33. The molecule has 0 spiro atoms. The number of benzene rings is 2. The van der Waals surface area contributed by atoms with Crippen LogP contribution in [-0.2, 0) is 9.59 Å². The van der Waals surface area contributed by atoms with Gasteiger partial charge in [-0.25, -0.2) is 14.8 Å². The molecule has 3 aromatic rings. The number of hydrazine groups is 1. The summed E-state index contributed by atoms with van der Waals surface area (Å²) in [7, 11) is 0. The minimum atomic E-state index is -5.08. The first-order valence-electron chi connectivity index (χ1n) is 12.4. The Labute approximate surface area is 251 Å². The molecule has 16 heteroatoms. The van der Waals surface area contributed by atoms with Gasteiger partial charge in [-0.3, -0.25) is 20.4 Å². The van der Waals surface area contributed by atoms with Gasteiger partial charge in [0.2, 0.25) is 0 Å². The number of alkyl halides is 3. The number of nitrogens with zero attached hydrogens (tertiary/aromatic N) is 2. The number of anilines is 1. The van der Waals surface area contributed by atoms with E-state index in [1.165, 1.54) is 12.3 Å². The van der Waals surface area contributed by atoms with Gasteiger partial charge in [0.05, 0.1) is 6.10 Å². The summed E-state index contributed by atoms with van der Waals surface area (Å²) in [6.45, 7) is 3.77. The maximum absolute atomic E-state index is 13.3. The van der Waals surface area contributed by atoms with Crippen LogP contribution in [0.25, 0.3) is 0 Å². The summed E-state index contributed by atoms with van der Waals surface area (Å²) in [4.78, 5) is 43.0. The van der Waals surface area contributed by atoms with Crippen molar-refractivity contribution in [2.75, 3.05) is 12.0 Å². The van der Waals surface area contributed by atoms with Gasteiger partial charge in [-0.2, -0.15) is 13.2 Å². The number of carbonyl (C=O) groups excluding carboxylic acids is 2. The number of aliphatic carboxylic acids is 1. The predicted molar refractivity (Wildman–Crippen MR) is 152 cm³/mol. The summed E-state index contributed by atoms with van der Waals surface area (Å²) in [6, 6.07) is 14.6. The van der Waals surface area contributed by atoms with Crippen LogP contribution in [0.2, 0.25) is 0 Å². The number of aliphatic imine (C=N–C) groups is 1. The normalized spacial score (nSPS) is 15.4. The lowest BCUT2D eigenvalue weighted by Gasteiger charge is -2.22. The number of nitrogens with one attached hydrogen (secondary N) is 3. The average molecular weight is 667 g/mol. The Morgan fingerprint density at radius 1 is 1.12 bits per heavy atom. The molecule has 0 radical (unpaired) electrons. The molecule has 228 valence electrons. The maximum Gasteiger partial charge on any atom is 0.490 e. The lowest BCUT2D eigenvalue weighted by atomic mass is 10.0. The molecule has 43 heavy (non-hydrogen) atoms. The standard InChI is InChI=1S/C25H25BrN6O4.C2HF3O2/c1-14(2)36-19-8-5-16-11-20(19)35-13-29-23(27)15-3-6-18(7-4-15)30-22(16)25(34)32-31-24(33)17-9-10-28-21(26)12-17;3-2(4,5)1(6)7/h3-12,14,22,30H,13H2,1-2H3,(H2,27,29)(H,31,33)(H,32,34);(H,6,7). The third kappa shape index (κ3) is 9.59. The van der Waals surface area contributed by atoms with E-state index in [0.29, 0.717) is 44.3 Å². The van der Waals surface area contributed by atoms with Gasteiger partial charge >= 0.3 is 12.1 Å². The molecule has 0 aliphatic carbocycles. The number of pyridine rings is 1. The molecule has 0 saturated carbocycles. The van der Waals surface area contributed by atoms with E-state index >= 15 is 0 Å². The van der Waals surface area contributed by atoms with Gasteiger partial charge in [0.15, 0.2) is 18.2 Å². The second kappa shape index (κ2) is 14.4. The van der Waals surface area contributed by atoms with E-state index in [2.05, 4.69) is 42.1 Å². The third-order valence-corrected chi connectivity index (χ3v) is 5.84. The van der Waals surface area contributed by atoms with Gasteiger partial charge in [-0.1, -0.05) is 6.07 Å². The van der Waals surface area contributed by atoms with Gasteiger partial charge in [0.25, 0.3) is 11.8 Å². The zero-order valence-corrected chi connectivity index (χ0v) is 24.2. The number of amidine groups is 1. The third-order valence-electron chi connectivity index (χ3n) is 5.40. The minimum Gasteiger partial charge on any atom is -0.487 e. The molecule has 0 saturated heterocycles. The molecule has 6 N–H and O–H groups in total. The number of halogens is 4. The smallest absolute Gasteiger partial charge is 0.487 e. The van der Waals surface area contributed by atoms with Gasteiger partial charge in [0.1, 0.15) is 16.5 Å². The van der Waals surface area contributed by atoms with Crippen LogP contribution in [0.3, 0.4) is 0 Å². The van der Waals surface area contributed by atoms with Gasteiger partial charge < -0.3 is 25.6 Å². The van der Waals surface area contributed by atoms with Crippen LogP contribution in [0.1, 0.15) is 41.4 Å². The molecule has 1 aromatic heterocycles. The van der Waals surface area contributed by atoms with E-state index in [-0.39, 0.29) is 12.8 Å². The fraction of sp³-hybridized carbons (Fsp3) is 0.222. The number of amides is 2. The Balaban J connectivity index is 0.000000646. The van der Waals surface area contributed by atoms with Crippen LogP contribution in [0, 0.1) is 0 Å². The molecule has 2 aliphatic rings. The number of rotatable bonds is 4. The summed E-state index contributed by atoms with van der Waals surface area (Å²) < 4.78 is 44.0. The highest BCUT2D eigenvalue weighted by atomic mass is 79.9. The SMILES string of the molecule is CC(C)Oc1ccc2cc1OC/N=C(/N)c1ccc(cc1)NC2C(=O)NNC(=O)c1ccnc(Br)c1.O=C(O)C(F)(F)F. The molecule has 4 bridgehead atoms. The first kappa shape index (κ1) is 32.7. The molecule has 2 aromatic carbocycles. The van der Waals surface area contributed by atoms with E-state index in [0.717, 1.165) is 0 Å². The van der Waals surface area contributed by atoms with Crippen LogP contribution in [0.5, 0.6) is 11.5 Å². The van der Waals surface area contributed by atoms with Crippen molar-refractivity contribution >= 4 is 45.2 Å². The quantitative estimate of drug-likeness (QED) is 0.204. The van der Waals surface area contributed by atoms with Crippen LogP contribution in [0.15, 0.2) is 70.4 Å². The summed E-state index contributed by atoms with van der Waals surface area (Å²) in [5.74, 6) is -2.50. The number of carboxylic acid groups (broad SMARTS) is 1. The second-order valence-electron chi connectivity index (χ2n) is 8.96. The van der Waals surface area contributed by atoms with Crippen LogP contribution in [-0.4, -0.2) is 52.7 Å². The van der Waals surface area contributed by atoms with E-state index in [9.17, 15) is 22.8 Å². The fourth-order valence-electron chi connectivity index (χ4n) is 3.44. The van der Waals surface area contributed by atoms with Crippen LogP contribution < -0.4 is 31.4 Å². The summed E-state index contributed by atoms with van der Waals surface area (Å²) >= 11 is 3.23. The molecule has 2 aliphatic heterocycles. The summed E-state index contributed by atoms with van der Waals surface area (Å²) in [6.07, 6.45) is -3.69. The largest absolute Gasteiger partial charge is 0.490 e. The lowest BCUT2D eigenvalue weighted by Crippen LogP contribution is -2.45. The molecule has 2 amide bonds. The van der Waals surface area contributed by atoms with Crippen molar-refractivity contribution in [1.82, 2.24) is 15.8 Å². The second-order valence-corrected chi connectivity index (χ2v) is 9.77. The zero-order chi connectivity index (χ0) is 31.7. The van der Waals surface area contributed by atoms with Crippen molar-refractivity contribution in [1.29, 1.82) is 0 Å². The molecule has 1 unspecified atom stereocenters. The van der Waals surface area contributed by atoms with Gasteiger partial charge in [-0.15, -0.1) is 0 Å². The van der Waals surface area contributed by atoms with Crippen LogP contribution >= 0.6 is 15.9 Å². The van der Waals surface area contributed by atoms with Crippen molar-refractivity contribution in [2.45, 2.75) is 32.2 Å². The molecule has 12 nitrogen and oxygen atoms in total. The maximum atomic E-state index is 13.3. The van der Waals surface area contributed by atoms with E-state index in [1.54, 1.807) is 48.5 Å². The molecule has 3 heterocycles. The van der Waals surface area contributed by atoms with Crippen molar-refractivity contribution in [3.8, 4) is 11.5 Å². The fourth-order valence-corrected chi connectivity index (χ4v) is 3.81. The Kier molecular flexibility index (Phi) is 10.9. The highest BCUT2D eigenvalue weighted by Gasteiger charge is 2.38. The number of aromatic nitrogens is 1. The van der Waals surface area contributed by atoms with Gasteiger partial charge in [-0.05, 0) is 83.9 Å².